The minimum absolute atomic E-state index is 0.0161. The van der Waals surface area contributed by atoms with E-state index in [1.807, 2.05) is 0 Å². The number of non-ortho nitro benzene ring substituents is 1. The normalized spacial score (nSPS) is 10.4. The van der Waals surface area contributed by atoms with Gasteiger partial charge in [-0.2, -0.15) is 0 Å². The first-order valence-electron chi connectivity index (χ1n) is 4.68. The fourth-order valence-corrected chi connectivity index (χ4v) is 1.40. The van der Waals surface area contributed by atoms with E-state index in [0.29, 0.717) is 6.29 Å². The molecule has 0 aromatic heterocycles. The van der Waals surface area contributed by atoms with Crippen molar-refractivity contribution in [3.8, 4) is 0 Å². The topological polar surface area (TPSA) is 63.4 Å². The third-order valence-corrected chi connectivity index (χ3v) is 2.17. The second-order valence-corrected chi connectivity index (χ2v) is 3.39. The van der Waals surface area contributed by atoms with E-state index in [4.69, 9.17) is 0 Å². The third-order valence-electron chi connectivity index (χ3n) is 2.17. The molecule has 0 unspecified atom stereocenters. The molecular weight excluding hydrogens is 234 g/mol. The molecule has 0 aliphatic heterocycles. The number of halogens is 2. The highest BCUT2D eigenvalue weighted by molar-refractivity contribution is 5.85. The zero-order chi connectivity index (χ0) is 13.0. The quantitative estimate of drug-likeness (QED) is 0.452. The van der Waals surface area contributed by atoms with Crippen LogP contribution < -0.4 is 4.90 Å². The number of aldehydes is 1. The van der Waals surface area contributed by atoms with Gasteiger partial charge in [0.25, 0.3) is 12.1 Å². The van der Waals surface area contributed by atoms with E-state index in [1.54, 1.807) is 0 Å². The van der Waals surface area contributed by atoms with Crippen LogP contribution in [-0.4, -0.2) is 31.2 Å². The zero-order valence-corrected chi connectivity index (χ0v) is 8.97. The summed E-state index contributed by atoms with van der Waals surface area (Å²) in [4.78, 5) is 21.8. The monoisotopic (exact) mass is 244 g/mol. The maximum absolute atomic E-state index is 12.2. The number of anilines is 1. The van der Waals surface area contributed by atoms with Crippen molar-refractivity contribution in [3.63, 3.8) is 0 Å². The standard InChI is InChI=1S/C10H10F2N2O3/c1-13(5-10(11)12)9-3-2-8(14(16)17)4-7(9)6-15/h2-4,6,10H,5H2,1H3. The van der Waals surface area contributed by atoms with E-state index in [9.17, 15) is 23.7 Å². The Hall–Kier alpha value is -2.05. The smallest absolute Gasteiger partial charge is 0.270 e. The number of hydrogen-bond donors (Lipinski definition) is 0. The van der Waals surface area contributed by atoms with E-state index in [2.05, 4.69) is 0 Å². The molecule has 0 spiro atoms. The Bertz CT molecular complexity index is 438. The van der Waals surface area contributed by atoms with Crippen LogP contribution in [0.2, 0.25) is 0 Å². The molecule has 0 saturated carbocycles. The van der Waals surface area contributed by atoms with Gasteiger partial charge in [-0.25, -0.2) is 8.78 Å². The number of rotatable bonds is 5. The highest BCUT2D eigenvalue weighted by Gasteiger charge is 2.15. The highest BCUT2D eigenvalue weighted by Crippen LogP contribution is 2.23. The summed E-state index contributed by atoms with van der Waals surface area (Å²) in [6, 6.07) is 3.51. The molecule has 0 amide bonds. The molecule has 0 heterocycles. The van der Waals surface area contributed by atoms with E-state index in [1.165, 1.54) is 24.1 Å². The van der Waals surface area contributed by atoms with Gasteiger partial charge >= 0.3 is 0 Å². The summed E-state index contributed by atoms with van der Waals surface area (Å²) in [5, 5.41) is 10.5. The molecule has 92 valence electrons. The fourth-order valence-electron chi connectivity index (χ4n) is 1.40. The van der Waals surface area contributed by atoms with E-state index in [-0.39, 0.29) is 16.9 Å². The van der Waals surface area contributed by atoms with E-state index < -0.39 is 17.9 Å². The van der Waals surface area contributed by atoms with Crippen LogP contribution in [0.3, 0.4) is 0 Å². The van der Waals surface area contributed by atoms with Crippen LogP contribution in [0.1, 0.15) is 10.4 Å². The Labute approximate surface area is 95.8 Å². The zero-order valence-electron chi connectivity index (χ0n) is 8.97. The van der Waals surface area contributed by atoms with Crippen molar-refractivity contribution in [1.82, 2.24) is 0 Å². The van der Waals surface area contributed by atoms with Crippen LogP contribution in [0.5, 0.6) is 0 Å². The van der Waals surface area contributed by atoms with Gasteiger partial charge in [0.05, 0.1) is 11.5 Å². The van der Waals surface area contributed by atoms with Gasteiger partial charge in [0.2, 0.25) is 0 Å². The molecule has 0 saturated heterocycles. The first kappa shape index (κ1) is 13.0. The first-order valence-corrected chi connectivity index (χ1v) is 4.68. The van der Waals surface area contributed by atoms with E-state index >= 15 is 0 Å². The van der Waals surface area contributed by atoms with Crippen molar-refractivity contribution in [2.24, 2.45) is 0 Å². The second kappa shape index (κ2) is 5.33. The molecule has 0 bridgehead atoms. The lowest BCUT2D eigenvalue weighted by atomic mass is 10.1. The molecule has 1 aromatic carbocycles. The minimum Gasteiger partial charge on any atom is -0.368 e. The summed E-state index contributed by atoms with van der Waals surface area (Å²) >= 11 is 0. The van der Waals surface area contributed by atoms with Crippen molar-refractivity contribution < 1.29 is 18.5 Å². The van der Waals surface area contributed by atoms with Crippen LogP contribution in [0.15, 0.2) is 18.2 Å². The van der Waals surface area contributed by atoms with Gasteiger partial charge in [0.1, 0.15) is 0 Å². The lowest BCUT2D eigenvalue weighted by Gasteiger charge is -2.19. The van der Waals surface area contributed by atoms with Crippen molar-refractivity contribution in [1.29, 1.82) is 0 Å². The highest BCUT2D eigenvalue weighted by atomic mass is 19.3. The lowest BCUT2D eigenvalue weighted by molar-refractivity contribution is -0.384. The molecule has 1 rings (SSSR count). The molecule has 7 heteroatoms. The molecule has 0 N–H and O–H groups in total. The first-order chi connectivity index (χ1) is 7.95. The summed E-state index contributed by atoms with van der Waals surface area (Å²) in [6.45, 7) is -0.543. The Kier molecular flexibility index (Phi) is 4.08. The SMILES string of the molecule is CN(CC(F)F)c1ccc([N+](=O)[O-])cc1C=O. The molecule has 1 aromatic rings. The molecule has 0 aliphatic carbocycles. The predicted molar refractivity (Wildman–Crippen MR) is 57.8 cm³/mol. The van der Waals surface area contributed by atoms with Gasteiger partial charge in [-0.3, -0.25) is 14.9 Å². The minimum atomic E-state index is -2.55. The summed E-state index contributed by atoms with van der Waals surface area (Å²) in [5.74, 6) is 0. The number of carbonyl (C=O) groups excluding carboxylic acids is 1. The third kappa shape index (κ3) is 3.20. The number of carbonyl (C=O) groups is 1. The Morgan fingerprint density at radius 2 is 2.18 bits per heavy atom. The Balaban J connectivity index is 3.08. The molecule has 5 nitrogen and oxygen atoms in total. The maximum Gasteiger partial charge on any atom is 0.270 e. The van der Waals surface area contributed by atoms with Crippen LogP contribution in [0, 0.1) is 10.1 Å². The second-order valence-electron chi connectivity index (χ2n) is 3.39. The largest absolute Gasteiger partial charge is 0.368 e. The number of hydrogen-bond acceptors (Lipinski definition) is 4. The van der Waals surface area contributed by atoms with Gasteiger partial charge in [-0.1, -0.05) is 0 Å². The van der Waals surface area contributed by atoms with Crippen molar-refractivity contribution in [2.75, 3.05) is 18.5 Å². The summed E-state index contributed by atoms with van der Waals surface area (Å²) in [5.41, 5.74) is 0.00884. The Morgan fingerprint density at radius 3 is 2.65 bits per heavy atom. The van der Waals surface area contributed by atoms with Gasteiger partial charge in [-0.15, -0.1) is 0 Å². The number of nitrogens with zero attached hydrogens (tertiary/aromatic N) is 2. The van der Waals surface area contributed by atoms with Crippen molar-refractivity contribution in [2.45, 2.75) is 6.43 Å². The van der Waals surface area contributed by atoms with Crippen LogP contribution >= 0.6 is 0 Å². The molecule has 0 aliphatic rings. The van der Waals surface area contributed by atoms with Gasteiger partial charge in [-0.05, 0) is 6.07 Å². The number of benzene rings is 1. The number of nitro benzene ring substituents is 1. The van der Waals surface area contributed by atoms with Crippen LogP contribution in [0.25, 0.3) is 0 Å². The van der Waals surface area contributed by atoms with E-state index in [0.717, 1.165) is 6.07 Å². The lowest BCUT2D eigenvalue weighted by Crippen LogP contribution is -2.25. The average molecular weight is 244 g/mol. The van der Waals surface area contributed by atoms with Crippen LogP contribution in [-0.2, 0) is 0 Å². The summed E-state index contributed by atoms with van der Waals surface area (Å²) in [7, 11) is 1.39. The summed E-state index contributed by atoms with van der Waals surface area (Å²) in [6.07, 6.45) is -2.14. The molecule has 17 heavy (non-hydrogen) atoms. The predicted octanol–water partition coefficient (Wildman–Crippen LogP) is 2.11. The maximum atomic E-state index is 12.2. The molecule has 0 fully saturated rings. The van der Waals surface area contributed by atoms with Gasteiger partial charge < -0.3 is 4.90 Å². The number of nitro groups is 1. The Morgan fingerprint density at radius 1 is 1.53 bits per heavy atom. The average Bonchev–Trinajstić information content (AvgIpc) is 2.27. The summed E-state index contributed by atoms with van der Waals surface area (Å²) < 4.78 is 24.4. The fraction of sp³-hybridized carbons (Fsp3) is 0.300. The van der Waals surface area contributed by atoms with Gasteiger partial charge in [0, 0.05) is 30.4 Å². The number of alkyl halides is 2. The molecular formula is C10H10F2N2O3. The van der Waals surface area contributed by atoms with Crippen LogP contribution in [0.4, 0.5) is 20.2 Å². The molecule has 0 radical (unpaired) electrons. The molecule has 0 atom stereocenters. The van der Waals surface area contributed by atoms with Crippen molar-refractivity contribution in [3.05, 3.63) is 33.9 Å². The van der Waals surface area contributed by atoms with Crippen molar-refractivity contribution >= 4 is 17.7 Å². The van der Waals surface area contributed by atoms with Gasteiger partial charge in [0.15, 0.2) is 6.29 Å².